The topological polar surface area (TPSA) is 40.5 Å². The second kappa shape index (κ2) is 4.11. The molecule has 1 unspecified atom stereocenters. The van der Waals surface area contributed by atoms with Crippen molar-refractivity contribution in [3.63, 3.8) is 0 Å². The van der Waals surface area contributed by atoms with E-state index >= 15 is 0 Å². The highest BCUT2D eigenvalue weighted by Crippen LogP contribution is 2.01. The molecule has 59 valence electrons. The number of benzene rings is 1. The Bertz CT molecular complexity index is 196. The summed E-state index contributed by atoms with van der Waals surface area (Å²) < 4.78 is 0. The molecule has 1 aromatic carbocycles. The minimum absolute atomic E-state index is 0.186. The average Bonchev–Trinajstić information content (AvgIpc) is 2.06. The van der Waals surface area contributed by atoms with Gasteiger partial charge in [-0.1, -0.05) is 24.3 Å². The molecule has 0 fully saturated rings. The number of aliphatic hydroxyl groups is 2. The maximum atomic E-state index is 9.05. The van der Waals surface area contributed by atoms with Gasteiger partial charge in [-0.2, -0.15) is 0 Å². The zero-order valence-corrected chi connectivity index (χ0v) is 6.20. The van der Waals surface area contributed by atoms with Crippen molar-refractivity contribution < 1.29 is 10.2 Å². The van der Waals surface area contributed by atoms with Crippen molar-refractivity contribution in [1.82, 2.24) is 0 Å². The lowest BCUT2D eigenvalue weighted by molar-refractivity contribution is 0.0955. The van der Waals surface area contributed by atoms with E-state index in [1.165, 1.54) is 0 Å². The molecule has 0 heterocycles. The Labute approximate surface area is 66.1 Å². The largest absolute Gasteiger partial charge is 0.394 e. The first-order chi connectivity index (χ1) is 5.33. The van der Waals surface area contributed by atoms with Crippen LogP contribution in [0.4, 0.5) is 0 Å². The molecular weight excluding hydrogens is 140 g/mol. The van der Waals surface area contributed by atoms with E-state index in [1.807, 2.05) is 12.1 Å². The van der Waals surface area contributed by atoms with Gasteiger partial charge in [-0.15, -0.1) is 0 Å². The van der Waals surface area contributed by atoms with Gasteiger partial charge in [0, 0.05) is 6.42 Å². The van der Waals surface area contributed by atoms with Gasteiger partial charge < -0.3 is 10.2 Å². The molecule has 0 aromatic heterocycles. The normalized spacial score (nSPS) is 12.9. The molecule has 2 nitrogen and oxygen atoms in total. The Morgan fingerprint density at radius 3 is 2.91 bits per heavy atom. The molecule has 1 aromatic rings. The molecule has 0 spiro atoms. The van der Waals surface area contributed by atoms with Gasteiger partial charge in [-0.25, -0.2) is 0 Å². The summed E-state index contributed by atoms with van der Waals surface area (Å²) in [4.78, 5) is 0. The molecule has 0 saturated carbocycles. The summed E-state index contributed by atoms with van der Waals surface area (Å²) in [5.74, 6) is 0. The molecule has 1 radical (unpaired) electrons. The smallest absolute Gasteiger partial charge is 0.0811 e. The molecule has 0 aliphatic heterocycles. The third kappa shape index (κ3) is 2.70. The predicted octanol–water partition coefficient (Wildman–Crippen LogP) is 0.382. The Morgan fingerprint density at radius 1 is 1.55 bits per heavy atom. The van der Waals surface area contributed by atoms with Crippen LogP contribution in [-0.2, 0) is 6.42 Å². The van der Waals surface area contributed by atoms with Crippen LogP contribution in [0.25, 0.3) is 0 Å². The van der Waals surface area contributed by atoms with Gasteiger partial charge in [-0.3, -0.25) is 0 Å². The first-order valence-electron chi connectivity index (χ1n) is 3.57. The Balaban J connectivity index is 2.51. The lowest BCUT2D eigenvalue weighted by Crippen LogP contribution is -2.14. The van der Waals surface area contributed by atoms with Crippen molar-refractivity contribution in [3.8, 4) is 0 Å². The molecule has 0 amide bonds. The molecular formula is C9H11O2. The third-order valence-corrected chi connectivity index (χ3v) is 1.45. The van der Waals surface area contributed by atoms with E-state index in [0.717, 1.165) is 5.56 Å². The van der Waals surface area contributed by atoms with Crippen LogP contribution in [0.3, 0.4) is 0 Å². The third-order valence-electron chi connectivity index (χ3n) is 1.45. The summed E-state index contributed by atoms with van der Waals surface area (Å²) in [6.45, 7) is -0.186. The van der Waals surface area contributed by atoms with Crippen LogP contribution in [0.15, 0.2) is 24.3 Å². The Hall–Kier alpha value is -0.860. The number of rotatable bonds is 3. The van der Waals surface area contributed by atoms with E-state index in [9.17, 15) is 0 Å². The lowest BCUT2D eigenvalue weighted by atomic mass is 10.1. The summed E-state index contributed by atoms with van der Waals surface area (Å²) in [7, 11) is 0. The fraction of sp³-hybridized carbons (Fsp3) is 0.333. The molecule has 0 aliphatic carbocycles. The fourth-order valence-corrected chi connectivity index (χ4v) is 0.894. The highest BCUT2D eigenvalue weighted by atomic mass is 16.3. The van der Waals surface area contributed by atoms with Crippen molar-refractivity contribution in [2.75, 3.05) is 6.61 Å². The number of hydrogen-bond donors (Lipinski definition) is 2. The van der Waals surface area contributed by atoms with Gasteiger partial charge in [0.1, 0.15) is 0 Å². The molecule has 0 bridgehead atoms. The van der Waals surface area contributed by atoms with E-state index in [0.29, 0.717) is 6.42 Å². The van der Waals surface area contributed by atoms with Crippen LogP contribution < -0.4 is 0 Å². The summed E-state index contributed by atoms with van der Waals surface area (Å²) in [6.07, 6.45) is -0.154. The second-order valence-electron chi connectivity index (χ2n) is 2.45. The average molecular weight is 151 g/mol. The van der Waals surface area contributed by atoms with Crippen LogP contribution in [0.5, 0.6) is 0 Å². The van der Waals surface area contributed by atoms with Gasteiger partial charge >= 0.3 is 0 Å². The number of hydrogen-bond acceptors (Lipinski definition) is 2. The zero-order valence-electron chi connectivity index (χ0n) is 6.20. The van der Waals surface area contributed by atoms with Crippen molar-refractivity contribution in [1.29, 1.82) is 0 Å². The SMILES string of the molecule is OCC(O)Cc1c[c]ccc1. The van der Waals surface area contributed by atoms with E-state index in [1.54, 1.807) is 12.1 Å². The van der Waals surface area contributed by atoms with Gasteiger partial charge in [0.2, 0.25) is 0 Å². The Morgan fingerprint density at radius 2 is 2.36 bits per heavy atom. The standard InChI is InChI=1S/C9H11O2/c10-7-9(11)6-8-4-2-1-3-5-8/h1-2,4-5,9-11H,6-7H2. The predicted molar refractivity (Wildman–Crippen MR) is 42.1 cm³/mol. The van der Waals surface area contributed by atoms with Gasteiger partial charge in [0.05, 0.1) is 12.7 Å². The summed E-state index contributed by atoms with van der Waals surface area (Å²) >= 11 is 0. The fourth-order valence-electron chi connectivity index (χ4n) is 0.894. The van der Waals surface area contributed by atoms with Crippen LogP contribution in [0.1, 0.15) is 5.56 Å². The maximum absolute atomic E-state index is 9.05. The van der Waals surface area contributed by atoms with Crippen LogP contribution in [-0.4, -0.2) is 22.9 Å². The Kier molecular flexibility index (Phi) is 3.08. The molecule has 11 heavy (non-hydrogen) atoms. The summed E-state index contributed by atoms with van der Waals surface area (Å²) in [5, 5.41) is 17.6. The summed E-state index contributed by atoms with van der Waals surface area (Å²) in [5.41, 5.74) is 0.994. The maximum Gasteiger partial charge on any atom is 0.0811 e. The van der Waals surface area contributed by atoms with Crippen molar-refractivity contribution in [3.05, 3.63) is 35.9 Å². The lowest BCUT2D eigenvalue weighted by Gasteiger charge is -2.05. The van der Waals surface area contributed by atoms with E-state index < -0.39 is 6.10 Å². The van der Waals surface area contributed by atoms with E-state index in [2.05, 4.69) is 6.07 Å². The molecule has 2 N–H and O–H groups in total. The van der Waals surface area contributed by atoms with Crippen molar-refractivity contribution >= 4 is 0 Å². The van der Waals surface area contributed by atoms with Gasteiger partial charge in [0.15, 0.2) is 0 Å². The highest BCUT2D eigenvalue weighted by Gasteiger charge is 2.01. The van der Waals surface area contributed by atoms with Gasteiger partial charge in [-0.05, 0) is 11.6 Å². The first kappa shape index (κ1) is 8.24. The number of aliphatic hydroxyl groups excluding tert-OH is 2. The van der Waals surface area contributed by atoms with Crippen LogP contribution in [0, 0.1) is 6.07 Å². The summed E-state index contributed by atoms with van der Waals surface area (Å²) in [6, 6.07) is 10.3. The molecule has 2 heteroatoms. The zero-order chi connectivity index (χ0) is 8.10. The first-order valence-corrected chi connectivity index (χ1v) is 3.57. The van der Waals surface area contributed by atoms with Crippen LogP contribution >= 0.6 is 0 Å². The second-order valence-corrected chi connectivity index (χ2v) is 2.45. The van der Waals surface area contributed by atoms with Crippen molar-refractivity contribution in [2.45, 2.75) is 12.5 Å². The quantitative estimate of drug-likeness (QED) is 0.655. The van der Waals surface area contributed by atoms with Crippen LogP contribution in [0.2, 0.25) is 0 Å². The molecule has 1 atom stereocenters. The van der Waals surface area contributed by atoms with Gasteiger partial charge in [0.25, 0.3) is 0 Å². The monoisotopic (exact) mass is 151 g/mol. The van der Waals surface area contributed by atoms with Crippen molar-refractivity contribution in [2.24, 2.45) is 0 Å². The minimum atomic E-state index is -0.647. The molecule has 0 aliphatic rings. The molecule has 0 saturated heterocycles. The van der Waals surface area contributed by atoms with E-state index in [4.69, 9.17) is 10.2 Å². The highest BCUT2D eigenvalue weighted by molar-refractivity contribution is 5.14. The molecule has 1 rings (SSSR count). The minimum Gasteiger partial charge on any atom is -0.394 e. The van der Waals surface area contributed by atoms with E-state index in [-0.39, 0.29) is 6.61 Å².